The molecule has 0 bridgehead atoms. The van der Waals surface area contributed by atoms with Gasteiger partial charge in [-0.3, -0.25) is 9.88 Å². The molecule has 0 radical (unpaired) electrons. The third-order valence-electron chi connectivity index (χ3n) is 6.51. The van der Waals surface area contributed by atoms with Gasteiger partial charge in [0.1, 0.15) is 0 Å². The van der Waals surface area contributed by atoms with E-state index in [1.807, 2.05) is 18.5 Å². The smallest absolute Gasteiger partial charge is 0.475 e. The molecule has 1 aromatic heterocycles. The lowest BCUT2D eigenvalue weighted by molar-refractivity contribution is -0.193. The van der Waals surface area contributed by atoms with E-state index < -0.39 is 34.3 Å². The van der Waals surface area contributed by atoms with Crippen molar-refractivity contribution in [2.45, 2.75) is 55.5 Å². The minimum absolute atomic E-state index is 0.0655. The number of rotatable bonds is 5. The van der Waals surface area contributed by atoms with Crippen LogP contribution >= 0.6 is 0 Å². The number of hydrogen-bond acceptors (Lipinski definition) is 6. The first-order valence-corrected chi connectivity index (χ1v) is 13.2. The molecule has 1 saturated heterocycles. The number of nitrogens with zero attached hydrogens (tertiary/aromatic N) is 2. The lowest BCUT2D eigenvalue weighted by atomic mass is 9.59. The second-order valence-electron chi connectivity index (χ2n) is 9.13. The molecule has 2 fully saturated rings. The van der Waals surface area contributed by atoms with Crippen LogP contribution < -0.4 is 4.72 Å². The normalized spacial score (nSPS) is 18.8. The van der Waals surface area contributed by atoms with Crippen molar-refractivity contribution in [2.75, 3.05) is 13.1 Å². The van der Waals surface area contributed by atoms with Crippen molar-refractivity contribution in [2.24, 2.45) is 5.41 Å². The zero-order valence-electron chi connectivity index (χ0n) is 20.8. The van der Waals surface area contributed by atoms with Gasteiger partial charge < -0.3 is 10.2 Å². The van der Waals surface area contributed by atoms with Crippen molar-refractivity contribution in [1.82, 2.24) is 14.6 Å². The average Bonchev–Trinajstić information content (AvgIpc) is 2.88. The van der Waals surface area contributed by atoms with Crippen LogP contribution in [-0.4, -0.2) is 71.9 Å². The van der Waals surface area contributed by atoms with Crippen LogP contribution in [0, 0.1) is 5.41 Å². The van der Waals surface area contributed by atoms with Crippen LogP contribution in [0.15, 0.2) is 59.8 Å². The molecule has 222 valence electrons. The minimum atomic E-state index is -5.08. The maximum absolute atomic E-state index is 12.6. The van der Waals surface area contributed by atoms with Gasteiger partial charge in [0.25, 0.3) is 0 Å². The molecular weight excluding hydrogens is 572 g/mol. The summed E-state index contributed by atoms with van der Waals surface area (Å²) in [5.41, 5.74) is 1.42. The second kappa shape index (κ2) is 13.4. The molecular formula is C24H27F6N3O6S. The van der Waals surface area contributed by atoms with Crippen LogP contribution in [0.1, 0.15) is 31.2 Å². The summed E-state index contributed by atoms with van der Waals surface area (Å²) < 4.78 is 91.7. The predicted molar refractivity (Wildman–Crippen MR) is 128 cm³/mol. The van der Waals surface area contributed by atoms with Crippen molar-refractivity contribution in [3.05, 3.63) is 60.4 Å². The summed E-state index contributed by atoms with van der Waals surface area (Å²) in [6.07, 6.45) is -2.32. The second-order valence-corrected chi connectivity index (χ2v) is 10.8. The molecule has 40 heavy (non-hydrogen) atoms. The number of carboxylic acid groups (broad SMARTS) is 2. The van der Waals surface area contributed by atoms with E-state index in [2.05, 4.69) is 26.7 Å². The molecule has 2 aromatic rings. The maximum atomic E-state index is 12.6. The van der Waals surface area contributed by atoms with Crippen molar-refractivity contribution in [1.29, 1.82) is 0 Å². The van der Waals surface area contributed by atoms with E-state index >= 15 is 0 Å². The molecule has 2 heterocycles. The summed E-state index contributed by atoms with van der Waals surface area (Å²) in [5, 5.41) is 14.2. The largest absolute Gasteiger partial charge is 0.490 e. The van der Waals surface area contributed by atoms with Gasteiger partial charge in [-0.25, -0.2) is 22.7 Å². The highest BCUT2D eigenvalue weighted by molar-refractivity contribution is 7.89. The van der Waals surface area contributed by atoms with Crippen molar-refractivity contribution < 1.29 is 54.6 Å². The van der Waals surface area contributed by atoms with E-state index in [0.717, 1.165) is 45.3 Å². The van der Waals surface area contributed by atoms with Crippen LogP contribution in [0.25, 0.3) is 0 Å². The average molecular weight is 600 g/mol. The Bertz CT molecular complexity index is 1200. The molecule has 1 aliphatic carbocycles. The van der Waals surface area contributed by atoms with E-state index in [-0.39, 0.29) is 11.5 Å². The van der Waals surface area contributed by atoms with Gasteiger partial charge in [0.15, 0.2) is 0 Å². The molecule has 1 aliphatic heterocycles. The molecule has 16 heteroatoms. The zero-order valence-corrected chi connectivity index (χ0v) is 21.6. The molecule has 1 unspecified atom stereocenters. The molecule has 9 nitrogen and oxygen atoms in total. The van der Waals surface area contributed by atoms with Gasteiger partial charge in [0, 0.05) is 25.0 Å². The van der Waals surface area contributed by atoms with E-state index in [1.54, 1.807) is 24.3 Å². The molecule has 2 aliphatic rings. The summed E-state index contributed by atoms with van der Waals surface area (Å²) in [7, 11) is -3.43. The maximum Gasteiger partial charge on any atom is 0.490 e. The van der Waals surface area contributed by atoms with Crippen LogP contribution in [0.4, 0.5) is 26.3 Å². The molecule has 1 spiro atoms. The minimum Gasteiger partial charge on any atom is -0.475 e. The van der Waals surface area contributed by atoms with Crippen LogP contribution in [0.3, 0.4) is 0 Å². The number of hydrogen-bond donors (Lipinski definition) is 3. The third kappa shape index (κ3) is 9.75. The zero-order chi connectivity index (χ0) is 30.2. The summed E-state index contributed by atoms with van der Waals surface area (Å²) in [4.78, 5) is 24.7. The standard InChI is InChI=1S/C20H25N3O2S.2C2HF3O2/c24-26(25,18-4-2-1-3-5-18)22-19-6-9-20(19)10-14-23(15-11-20)16-17-7-12-21-13-8-17;2*3-2(4,5)1(6)7/h1-5,7-8,12-13,19,22H,6,9-11,14-16H2;2*(H,6,7). The fourth-order valence-electron chi connectivity index (χ4n) is 4.24. The van der Waals surface area contributed by atoms with E-state index in [0.29, 0.717) is 4.90 Å². The number of aliphatic carboxylic acids is 2. The quantitative estimate of drug-likeness (QED) is 0.438. The Morgan fingerprint density at radius 3 is 1.77 bits per heavy atom. The van der Waals surface area contributed by atoms with E-state index in [1.165, 1.54) is 5.56 Å². The monoisotopic (exact) mass is 599 g/mol. The van der Waals surface area contributed by atoms with E-state index in [4.69, 9.17) is 19.8 Å². The van der Waals surface area contributed by atoms with Crippen LogP contribution in [0.2, 0.25) is 0 Å². The number of pyridine rings is 1. The van der Waals surface area contributed by atoms with Gasteiger partial charge in [0.2, 0.25) is 10.0 Å². The molecule has 1 saturated carbocycles. The Labute approximate surface area is 225 Å². The van der Waals surface area contributed by atoms with Gasteiger partial charge in [0.05, 0.1) is 4.90 Å². The SMILES string of the molecule is O=C(O)C(F)(F)F.O=C(O)C(F)(F)F.O=S(=O)(NC1CCC12CCN(Cc1ccncc1)CC2)c1ccccc1. The summed E-state index contributed by atoms with van der Waals surface area (Å²) in [6.45, 7) is 2.98. The lowest BCUT2D eigenvalue weighted by Gasteiger charge is -2.54. The van der Waals surface area contributed by atoms with Crippen LogP contribution in [0.5, 0.6) is 0 Å². The number of aromatic nitrogens is 1. The first kappa shape index (κ1) is 33.0. The van der Waals surface area contributed by atoms with Gasteiger partial charge in [-0.15, -0.1) is 0 Å². The summed E-state index contributed by atoms with van der Waals surface area (Å²) >= 11 is 0. The van der Waals surface area contributed by atoms with E-state index in [9.17, 15) is 34.8 Å². The highest BCUT2D eigenvalue weighted by atomic mass is 32.2. The van der Waals surface area contributed by atoms with Crippen molar-refractivity contribution in [3.63, 3.8) is 0 Å². The Morgan fingerprint density at radius 2 is 1.38 bits per heavy atom. The fourth-order valence-corrected chi connectivity index (χ4v) is 5.63. The highest BCUT2D eigenvalue weighted by Crippen LogP contribution is 2.49. The molecule has 1 aromatic carbocycles. The topological polar surface area (TPSA) is 137 Å². The van der Waals surface area contributed by atoms with Crippen molar-refractivity contribution in [3.8, 4) is 0 Å². The third-order valence-corrected chi connectivity index (χ3v) is 8.00. The number of halogens is 6. The number of carboxylic acids is 2. The number of sulfonamides is 1. The van der Waals surface area contributed by atoms with Gasteiger partial charge >= 0.3 is 24.3 Å². The lowest BCUT2D eigenvalue weighted by Crippen LogP contribution is -2.58. The Morgan fingerprint density at radius 1 is 0.900 bits per heavy atom. The number of likely N-dealkylation sites (tertiary alicyclic amines) is 1. The summed E-state index contributed by atoms with van der Waals surface area (Å²) in [5.74, 6) is -5.51. The number of nitrogens with one attached hydrogen (secondary N) is 1. The Hall–Kier alpha value is -3.24. The molecule has 0 amide bonds. The number of alkyl halides is 6. The van der Waals surface area contributed by atoms with Gasteiger partial charge in [-0.1, -0.05) is 18.2 Å². The molecule has 1 atom stereocenters. The molecule has 3 N–H and O–H groups in total. The fraction of sp³-hybridized carbons (Fsp3) is 0.458. The predicted octanol–water partition coefficient (Wildman–Crippen LogP) is 4.07. The number of piperidine rings is 1. The molecule has 4 rings (SSSR count). The number of benzene rings is 1. The van der Waals surface area contributed by atoms with Gasteiger partial charge in [-0.05, 0) is 74.0 Å². The van der Waals surface area contributed by atoms with Gasteiger partial charge in [-0.2, -0.15) is 26.3 Å². The van der Waals surface area contributed by atoms with Crippen molar-refractivity contribution >= 4 is 22.0 Å². The Kier molecular flexibility index (Phi) is 11.1. The first-order valence-electron chi connectivity index (χ1n) is 11.8. The van der Waals surface area contributed by atoms with Crippen LogP contribution in [-0.2, 0) is 26.2 Å². The first-order chi connectivity index (χ1) is 18.5. The highest BCUT2D eigenvalue weighted by Gasteiger charge is 2.49. The Balaban J connectivity index is 0.000000333. The summed E-state index contributed by atoms with van der Waals surface area (Å²) in [6, 6.07) is 12.9. The number of carbonyl (C=O) groups is 2.